The van der Waals surface area contributed by atoms with Crippen molar-refractivity contribution in [2.45, 2.75) is 102 Å². The molecule has 222 valence electrons. The second-order valence-corrected chi connectivity index (χ2v) is 11.3. The van der Waals surface area contributed by atoms with Gasteiger partial charge in [0.05, 0.1) is 13.0 Å². The number of hydrogen-bond acceptors (Lipinski definition) is 8. The van der Waals surface area contributed by atoms with Crippen LogP contribution in [0.2, 0.25) is 0 Å². The zero-order valence-corrected chi connectivity index (χ0v) is 23.2. The van der Waals surface area contributed by atoms with Crippen molar-refractivity contribution < 1.29 is 33.5 Å². The van der Waals surface area contributed by atoms with E-state index in [0.717, 1.165) is 0 Å². The van der Waals surface area contributed by atoms with E-state index in [2.05, 4.69) is 26.3 Å². The monoisotopic (exact) mass is 564 g/mol. The summed E-state index contributed by atoms with van der Waals surface area (Å²) in [4.78, 5) is 83.5. The molecule has 3 heterocycles. The Bertz CT molecular complexity index is 1050. The fourth-order valence-electron chi connectivity index (χ4n) is 5.16. The number of fused-ring (bicyclic) bond motifs is 1. The molecule has 0 radical (unpaired) electrons. The largest absolute Gasteiger partial charge is 0.460 e. The van der Waals surface area contributed by atoms with Crippen LogP contribution >= 0.6 is 0 Å². The number of aliphatic imine (C=N–C) groups is 1. The second kappa shape index (κ2) is 13.0. The molecule has 5 amide bonds. The summed E-state index contributed by atoms with van der Waals surface area (Å²) >= 11 is 0. The quantitative estimate of drug-likeness (QED) is 0.0866. The Morgan fingerprint density at radius 2 is 1.65 bits per heavy atom. The van der Waals surface area contributed by atoms with Crippen molar-refractivity contribution in [1.82, 2.24) is 26.2 Å². The van der Waals surface area contributed by atoms with Crippen LogP contribution < -0.4 is 32.7 Å². The number of esters is 1. The number of nitrogens with zero attached hydrogens (tertiary/aromatic N) is 2. The Kier molecular flexibility index (Phi) is 9.93. The molecule has 3 aliphatic heterocycles. The number of carbonyl (C=O) groups is 6. The zero-order chi connectivity index (χ0) is 29.6. The van der Waals surface area contributed by atoms with E-state index in [9.17, 15) is 28.8 Å². The van der Waals surface area contributed by atoms with Crippen molar-refractivity contribution in [3.63, 3.8) is 0 Å². The van der Waals surface area contributed by atoms with Gasteiger partial charge in [-0.1, -0.05) is 0 Å². The van der Waals surface area contributed by atoms with E-state index in [1.807, 2.05) is 0 Å². The maximum Gasteiger partial charge on any atom is 0.308 e. The highest BCUT2D eigenvalue weighted by Crippen LogP contribution is 2.33. The van der Waals surface area contributed by atoms with Crippen LogP contribution in [-0.4, -0.2) is 95.3 Å². The third-order valence-corrected chi connectivity index (χ3v) is 6.91. The Balaban J connectivity index is 1.85. The molecule has 15 nitrogen and oxygen atoms in total. The van der Waals surface area contributed by atoms with E-state index in [1.165, 1.54) is 4.90 Å². The number of hydrogen-bond donors (Lipinski definition) is 6. The number of ether oxygens (including phenoxy) is 1. The Morgan fingerprint density at radius 1 is 0.950 bits per heavy atom. The number of nitrogens with two attached hydrogens (primary N) is 2. The van der Waals surface area contributed by atoms with E-state index >= 15 is 0 Å². The highest BCUT2D eigenvalue weighted by Gasteiger charge is 2.47. The van der Waals surface area contributed by atoms with Gasteiger partial charge in [-0.15, -0.1) is 0 Å². The molecule has 0 aliphatic carbocycles. The molecule has 3 saturated heterocycles. The summed E-state index contributed by atoms with van der Waals surface area (Å²) in [7, 11) is 0. The second-order valence-electron chi connectivity index (χ2n) is 11.3. The summed E-state index contributed by atoms with van der Waals surface area (Å²) in [6.07, 6.45) is 1.98. The van der Waals surface area contributed by atoms with Gasteiger partial charge in [-0.2, -0.15) is 0 Å². The van der Waals surface area contributed by atoms with Crippen molar-refractivity contribution in [2.75, 3.05) is 13.1 Å². The fraction of sp³-hybridized carbons (Fsp3) is 0.720. The van der Waals surface area contributed by atoms with Crippen molar-refractivity contribution in [1.29, 1.82) is 0 Å². The predicted octanol–water partition coefficient (Wildman–Crippen LogP) is -2.49. The van der Waals surface area contributed by atoms with Crippen LogP contribution in [0.25, 0.3) is 0 Å². The Labute approximate surface area is 232 Å². The van der Waals surface area contributed by atoms with Gasteiger partial charge in [0, 0.05) is 12.6 Å². The first-order valence-corrected chi connectivity index (χ1v) is 13.5. The van der Waals surface area contributed by atoms with E-state index < -0.39 is 78.2 Å². The molecule has 3 fully saturated rings. The molecule has 2 bridgehead atoms. The summed E-state index contributed by atoms with van der Waals surface area (Å²) in [6, 6.07) is -4.28. The van der Waals surface area contributed by atoms with Gasteiger partial charge in [0.15, 0.2) is 5.96 Å². The number of carbonyl (C=O) groups excluding carboxylic acids is 6. The Morgan fingerprint density at radius 3 is 2.33 bits per heavy atom. The molecule has 8 N–H and O–H groups in total. The van der Waals surface area contributed by atoms with Crippen LogP contribution in [0.3, 0.4) is 0 Å². The van der Waals surface area contributed by atoms with Crippen molar-refractivity contribution in [3.05, 3.63) is 0 Å². The number of guanidine groups is 1. The van der Waals surface area contributed by atoms with Crippen LogP contribution in [0.15, 0.2) is 4.99 Å². The third kappa shape index (κ3) is 8.29. The summed E-state index contributed by atoms with van der Waals surface area (Å²) in [5.41, 5.74) is 9.89. The number of amides is 5. The highest BCUT2D eigenvalue weighted by molar-refractivity contribution is 5.98. The summed E-state index contributed by atoms with van der Waals surface area (Å²) in [5, 5.41) is 10.3. The molecule has 0 aromatic carbocycles. The fourth-order valence-corrected chi connectivity index (χ4v) is 5.16. The minimum Gasteiger partial charge on any atom is -0.460 e. The third-order valence-electron chi connectivity index (χ3n) is 6.91. The first-order valence-electron chi connectivity index (χ1n) is 13.5. The minimum absolute atomic E-state index is 0.105. The molecule has 0 spiro atoms. The molecule has 0 saturated carbocycles. The average molecular weight is 565 g/mol. The van der Waals surface area contributed by atoms with Gasteiger partial charge in [0.2, 0.25) is 29.5 Å². The predicted molar refractivity (Wildman–Crippen MR) is 142 cm³/mol. The van der Waals surface area contributed by atoms with E-state index in [4.69, 9.17) is 16.2 Å². The van der Waals surface area contributed by atoms with E-state index in [1.54, 1.807) is 20.8 Å². The first-order chi connectivity index (χ1) is 18.7. The number of rotatable bonds is 6. The van der Waals surface area contributed by atoms with Gasteiger partial charge in [-0.05, 0) is 59.3 Å². The maximum absolute atomic E-state index is 13.5. The summed E-state index contributed by atoms with van der Waals surface area (Å²) in [6.45, 7) is 4.71. The van der Waals surface area contributed by atoms with Crippen LogP contribution in [-0.2, 0) is 33.5 Å². The lowest BCUT2D eigenvalue weighted by atomic mass is 9.97. The molecule has 0 unspecified atom stereocenters. The molecular formula is C25H40N8O7. The first kappa shape index (κ1) is 30.6. The smallest absolute Gasteiger partial charge is 0.308 e. The summed E-state index contributed by atoms with van der Waals surface area (Å²) < 4.78 is 5.31. The van der Waals surface area contributed by atoms with Gasteiger partial charge in [-0.3, -0.25) is 33.8 Å². The molecule has 0 aromatic rings. The molecule has 15 heteroatoms. The molecule has 5 atom stereocenters. The van der Waals surface area contributed by atoms with Gasteiger partial charge < -0.3 is 42.4 Å². The van der Waals surface area contributed by atoms with Crippen LogP contribution in [0.1, 0.15) is 65.7 Å². The zero-order valence-electron chi connectivity index (χ0n) is 23.2. The summed E-state index contributed by atoms with van der Waals surface area (Å²) in [5.74, 6) is -3.86. The van der Waals surface area contributed by atoms with Gasteiger partial charge >= 0.3 is 5.97 Å². The van der Waals surface area contributed by atoms with Crippen molar-refractivity contribution in [2.24, 2.45) is 16.5 Å². The number of piperidine rings is 1. The Hall–Kier alpha value is -3.91. The van der Waals surface area contributed by atoms with Crippen LogP contribution in [0, 0.1) is 0 Å². The average Bonchev–Trinajstić information content (AvgIpc) is 3.29. The van der Waals surface area contributed by atoms with E-state index in [0.29, 0.717) is 32.1 Å². The van der Waals surface area contributed by atoms with Crippen molar-refractivity contribution in [3.8, 4) is 0 Å². The lowest BCUT2D eigenvalue weighted by Gasteiger charge is -2.38. The molecular weight excluding hydrogens is 524 g/mol. The highest BCUT2D eigenvalue weighted by atomic mass is 16.6. The molecule has 3 rings (SSSR count). The maximum atomic E-state index is 13.5. The topological polar surface area (TPSA) is 227 Å². The minimum atomic E-state index is -1.35. The van der Waals surface area contributed by atoms with Crippen LogP contribution in [0.4, 0.5) is 0 Å². The van der Waals surface area contributed by atoms with E-state index in [-0.39, 0.29) is 25.0 Å². The van der Waals surface area contributed by atoms with Gasteiger partial charge in [0.1, 0.15) is 29.8 Å². The number of nitrogens with one attached hydrogen (secondary N) is 4. The SMILES string of the molecule is CC(C)(C)OC(=O)C[C@@H]1NC(=O)CNC(=O)[C@H](CCCN=C(N)N)NC(=O)[C@@H]2CC[C@@H]3CC[C@@H](NC1=O)C(=O)N32. The van der Waals surface area contributed by atoms with Gasteiger partial charge in [-0.25, -0.2) is 0 Å². The molecule has 40 heavy (non-hydrogen) atoms. The lowest BCUT2D eigenvalue weighted by Crippen LogP contribution is -2.61. The standard InChI is InChI=1S/C25H40N8O7/c1-25(2,3)40-19(35)11-16-21(37)32-15-8-6-13-7-9-17(33(13)23(15)39)22(38)31-14(5-4-10-28-24(26)27)20(36)29-12-18(34)30-16/h13-17H,4-12H2,1-3H3,(H,29,36)(H,30,34)(H,31,38)(H,32,37)(H4,26,27,28)/t13-,14-,15+,16-,17-/m0/s1. The van der Waals surface area contributed by atoms with Crippen molar-refractivity contribution >= 4 is 41.5 Å². The van der Waals surface area contributed by atoms with Crippen LogP contribution in [0.5, 0.6) is 0 Å². The molecule has 3 aliphatic rings. The van der Waals surface area contributed by atoms with Gasteiger partial charge in [0.25, 0.3) is 0 Å². The lowest BCUT2D eigenvalue weighted by molar-refractivity contribution is -0.156. The normalized spacial score (nSPS) is 27.8. The molecule has 0 aromatic heterocycles.